The normalized spacial score (nSPS) is 19.7. The van der Waals surface area contributed by atoms with E-state index < -0.39 is 6.04 Å². The number of nitrogens with one attached hydrogen (secondary N) is 1. The van der Waals surface area contributed by atoms with Gasteiger partial charge < -0.3 is 24.8 Å². The number of ether oxygens (including phenoxy) is 1. The number of unbranched alkanes of at least 4 members (excludes halogenated alkanes) is 1. The van der Waals surface area contributed by atoms with Crippen LogP contribution >= 0.6 is 0 Å². The monoisotopic (exact) mass is 374 g/mol. The molecule has 0 saturated carbocycles. The predicted octanol–water partition coefficient (Wildman–Crippen LogP) is 1.91. The van der Waals surface area contributed by atoms with E-state index in [1.807, 2.05) is 0 Å². The van der Waals surface area contributed by atoms with Crippen LogP contribution < -0.4 is 15.0 Å². The van der Waals surface area contributed by atoms with Crippen molar-refractivity contribution in [1.29, 1.82) is 0 Å². The second-order valence-electron chi connectivity index (χ2n) is 6.97. The fourth-order valence-electron chi connectivity index (χ4n) is 3.38. The van der Waals surface area contributed by atoms with Gasteiger partial charge in [-0.1, -0.05) is 19.8 Å². The third-order valence-electron chi connectivity index (χ3n) is 5.10. The minimum Gasteiger partial charge on any atom is -0.481 e. The maximum absolute atomic E-state index is 12.8. The molecule has 1 atom stereocenters. The van der Waals surface area contributed by atoms with Gasteiger partial charge in [0.15, 0.2) is 6.61 Å². The van der Waals surface area contributed by atoms with Crippen LogP contribution in [0.4, 0.5) is 16.2 Å². The van der Waals surface area contributed by atoms with Crippen molar-refractivity contribution >= 4 is 29.2 Å². The Bertz CT molecular complexity index is 751. The molecule has 2 aliphatic rings. The van der Waals surface area contributed by atoms with E-state index in [4.69, 9.17) is 4.74 Å². The number of hydrogen-bond acceptors (Lipinski definition) is 4. The van der Waals surface area contributed by atoms with Gasteiger partial charge >= 0.3 is 6.03 Å². The zero-order chi connectivity index (χ0) is 19.6. The van der Waals surface area contributed by atoms with Crippen molar-refractivity contribution in [3.05, 3.63) is 18.2 Å². The van der Waals surface area contributed by atoms with Crippen LogP contribution in [0.3, 0.4) is 0 Å². The maximum Gasteiger partial charge on any atom is 0.322 e. The summed E-state index contributed by atoms with van der Waals surface area (Å²) in [6.07, 6.45) is 2.52. The summed E-state index contributed by atoms with van der Waals surface area (Å²) in [6, 6.07) is 4.45. The Morgan fingerprint density at radius 1 is 1.26 bits per heavy atom. The Kier molecular flexibility index (Phi) is 5.53. The fourth-order valence-corrected chi connectivity index (χ4v) is 3.38. The van der Waals surface area contributed by atoms with Gasteiger partial charge in [-0.3, -0.25) is 9.59 Å². The minimum atomic E-state index is -0.429. The molecular weight excluding hydrogens is 348 g/mol. The van der Waals surface area contributed by atoms with Gasteiger partial charge in [0.2, 0.25) is 5.91 Å². The number of carbonyl (C=O) groups excluding carboxylic acids is 3. The maximum atomic E-state index is 12.8. The fraction of sp³-hybridized carbons (Fsp3) is 0.526. The summed E-state index contributed by atoms with van der Waals surface area (Å²) in [5, 5.41) is 2.86. The summed E-state index contributed by atoms with van der Waals surface area (Å²) in [7, 11) is 3.46. The summed E-state index contributed by atoms with van der Waals surface area (Å²) < 4.78 is 5.46. The first-order chi connectivity index (χ1) is 12.9. The smallest absolute Gasteiger partial charge is 0.322 e. The van der Waals surface area contributed by atoms with E-state index in [2.05, 4.69) is 12.2 Å². The van der Waals surface area contributed by atoms with Crippen molar-refractivity contribution in [2.75, 3.05) is 44.0 Å². The van der Waals surface area contributed by atoms with E-state index in [-0.39, 0.29) is 24.5 Å². The Labute approximate surface area is 159 Å². The van der Waals surface area contributed by atoms with Crippen LogP contribution in [-0.4, -0.2) is 67.5 Å². The van der Waals surface area contributed by atoms with Gasteiger partial charge in [-0.05, 0) is 18.6 Å². The Balaban J connectivity index is 1.74. The van der Waals surface area contributed by atoms with Gasteiger partial charge in [0, 0.05) is 38.9 Å². The first-order valence-electron chi connectivity index (χ1n) is 9.28. The molecule has 1 saturated heterocycles. The third-order valence-corrected chi connectivity index (χ3v) is 5.10. The molecule has 8 heteroatoms. The van der Waals surface area contributed by atoms with Crippen LogP contribution in [0.25, 0.3) is 0 Å². The van der Waals surface area contributed by atoms with Gasteiger partial charge in [0.1, 0.15) is 11.8 Å². The first-order valence-corrected chi connectivity index (χ1v) is 9.28. The molecule has 27 heavy (non-hydrogen) atoms. The number of likely N-dealkylation sites (N-methyl/N-ethyl adjacent to an activating group) is 2. The Morgan fingerprint density at radius 2 is 2.04 bits per heavy atom. The SMILES string of the molecule is CCCC[C@@H]1C(=O)N(C)CCN1C(=O)Nc1ccc2c(c1)OCC(=O)N2C. The van der Waals surface area contributed by atoms with Crippen molar-refractivity contribution in [1.82, 2.24) is 9.80 Å². The van der Waals surface area contributed by atoms with Crippen molar-refractivity contribution in [2.24, 2.45) is 0 Å². The number of rotatable bonds is 4. The highest BCUT2D eigenvalue weighted by molar-refractivity contribution is 5.99. The number of piperazine rings is 1. The molecule has 1 aromatic rings. The van der Waals surface area contributed by atoms with E-state index in [0.717, 1.165) is 12.8 Å². The summed E-state index contributed by atoms with van der Waals surface area (Å²) in [6.45, 7) is 3.07. The van der Waals surface area contributed by atoms with E-state index in [0.29, 0.717) is 36.6 Å². The number of urea groups is 1. The quantitative estimate of drug-likeness (QED) is 0.873. The molecule has 0 spiro atoms. The number of anilines is 2. The Hall–Kier alpha value is -2.77. The summed E-state index contributed by atoms with van der Waals surface area (Å²) >= 11 is 0. The number of amides is 4. The van der Waals surface area contributed by atoms with E-state index >= 15 is 0 Å². The third kappa shape index (κ3) is 3.84. The largest absolute Gasteiger partial charge is 0.481 e. The highest BCUT2D eigenvalue weighted by Crippen LogP contribution is 2.33. The summed E-state index contributed by atoms with van der Waals surface area (Å²) in [4.78, 5) is 41.8. The average molecular weight is 374 g/mol. The standard InChI is InChI=1S/C19H26N4O4/c1-4-5-6-15-18(25)21(2)9-10-23(15)19(26)20-13-7-8-14-16(11-13)27-12-17(24)22(14)3/h7-8,11,15H,4-6,9-10,12H2,1-3H3,(H,20,26)/t15-/m1/s1. The molecule has 2 heterocycles. The molecule has 1 aromatic carbocycles. The van der Waals surface area contributed by atoms with Gasteiger partial charge in [0.25, 0.3) is 5.91 Å². The lowest BCUT2D eigenvalue weighted by Gasteiger charge is -2.39. The molecule has 4 amide bonds. The van der Waals surface area contributed by atoms with E-state index in [1.54, 1.807) is 42.1 Å². The zero-order valence-corrected chi connectivity index (χ0v) is 16.0. The number of hydrogen-bond donors (Lipinski definition) is 1. The second-order valence-corrected chi connectivity index (χ2v) is 6.97. The van der Waals surface area contributed by atoms with Crippen molar-refractivity contribution < 1.29 is 19.1 Å². The number of nitrogens with zero attached hydrogens (tertiary/aromatic N) is 3. The van der Waals surface area contributed by atoms with E-state index in [1.165, 1.54) is 4.90 Å². The lowest BCUT2D eigenvalue weighted by Crippen LogP contribution is -2.58. The first kappa shape index (κ1) is 19.0. The number of fused-ring (bicyclic) bond motifs is 1. The molecule has 2 aliphatic heterocycles. The topological polar surface area (TPSA) is 82.2 Å². The van der Waals surface area contributed by atoms with Crippen molar-refractivity contribution in [3.8, 4) is 5.75 Å². The molecule has 0 unspecified atom stereocenters. The second kappa shape index (κ2) is 7.85. The van der Waals surface area contributed by atoms with Crippen molar-refractivity contribution in [2.45, 2.75) is 32.2 Å². The molecule has 0 radical (unpaired) electrons. The number of carbonyl (C=O) groups is 3. The van der Waals surface area contributed by atoms with Crippen LogP contribution in [0.15, 0.2) is 18.2 Å². The summed E-state index contributed by atoms with van der Waals surface area (Å²) in [5.74, 6) is 0.416. The van der Waals surface area contributed by atoms with Crippen LogP contribution in [0.2, 0.25) is 0 Å². The highest BCUT2D eigenvalue weighted by Gasteiger charge is 2.35. The summed E-state index contributed by atoms with van der Waals surface area (Å²) in [5.41, 5.74) is 1.24. The van der Waals surface area contributed by atoms with Gasteiger partial charge in [0.05, 0.1) is 5.69 Å². The molecule has 1 N–H and O–H groups in total. The molecule has 3 rings (SSSR count). The lowest BCUT2D eigenvalue weighted by atomic mass is 10.0. The average Bonchev–Trinajstić information content (AvgIpc) is 2.66. The van der Waals surface area contributed by atoms with Crippen LogP contribution in [0, 0.1) is 0 Å². The highest BCUT2D eigenvalue weighted by atomic mass is 16.5. The zero-order valence-electron chi connectivity index (χ0n) is 16.0. The lowest BCUT2D eigenvalue weighted by molar-refractivity contribution is -0.138. The van der Waals surface area contributed by atoms with Gasteiger partial charge in [-0.15, -0.1) is 0 Å². The number of benzene rings is 1. The van der Waals surface area contributed by atoms with E-state index in [9.17, 15) is 14.4 Å². The molecule has 1 fully saturated rings. The van der Waals surface area contributed by atoms with Gasteiger partial charge in [-0.25, -0.2) is 4.79 Å². The molecule has 146 valence electrons. The molecule has 0 aromatic heterocycles. The van der Waals surface area contributed by atoms with Crippen LogP contribution in [0.1, 0.15) is 26.2 Å². The Morgan fingerprint density at radius 3 is 2.78 bits per heavy atom. The predicted molar refractivity (Wildman–Crippen MR) is 102 cm³/mol. The molecular formula is C19H26N4O4. The van der Waals surface area contributed by atoms with Crippen molar-refractivity contribution in [3.63, 3.8) is 0 Å². The molecule has 0 bridgehead atoms. The van der Waals surface area contributed by atoms with Gasteiger partial charge in [-0.2, -0.15) is 0 Å². The minimum absolute atomic E-state index is 0.0150. The van der Waals surface area contributed by atoms with Crippen LogP contribution in [-0.2, 0) is 9.59 Å². The van der Waals surface area contributed by atoms with Crippen LogP contribution in [0.5, 0.6) is 5.75 Å². The molecule has 8 nitrogen and oxygen atoms in total. The molecule has 0 aliphatic carbocycles.